The van der Waals surface area contributed by atoms with E-state index in [4.69, 9.17) is 0 Å². The highest BCUT2D eigenvalue weighted by molar-refractivity contribution is 5.85. The normalized spacial score (nSPS) is 30.2. The largest absolute Gasteiger partial charge is 0.308 e. The van der Waals surface area contributed by atoms with E-state index in [1.54, 1.807) is 0 Å². The average molecular weight is 190 g/mol. The summed E-state index contributed by atoms with van der Waals surface area (Å²) in [6.07, 6.45) is 9.78. The Balaban J connectivity index is 0.00000121. The van der Waals surface area contributed by atoms with Gasteiger partial charge in [0, 0.05) is 12.1 Å². The van der Waals surface area contributed by atoms with Gasteiger partial charge in [-0.25, -0.2) is 0 Å². The van der Waals surface area contributed by atoms with Crippen molar-refractivity contribution in [3.8, 4) is 0 Å². The molecule has 1 aliphatic rings. The Hall–Kier alpha value is -0.0100. The fraction of sp³-hybridized carbons (Fsp3) is 0.800. The molecule has 0 aliphatic carbocycles. The van der Waals surface area contributed by atoms with E-state index in [9.17, 15) is 0 Å². The van der Waals surface area contributed by atoms with Crippen LogP contribution in [0.1, 0.15) is 39.5 Å². The third-order valence-corrected chi connectivity index (χ3v) is 2.25. The van der Waals surface area contributed by atoms with Gasteiger partial charge >= 0.3 is 0 Å². The van der Waals surface area contributed by atoms with Crippen LogP contribution in [0.5, 0.6) is 0 Å². The average Bonchev–Trinajstić information content (AvgIpc) is 2.01. The molecule has 0 bridgehead atoms. The third kappa shape index (κ3) is 4.13. The molecule has 1 rings (SSSR count). The molecule has 1 heterocycles. The van der Waals surface area contributed by atoms with Crippen LogP contribution in [0.25, 0.3) is 0 Å². The molecule has 1 aliphatic heterocycles. The molecule has 1 nitrogen and oxygen atoms in total. The Kier molecular flexibility index (Phi) is 6.49. The maximum atomic E-state index is 3.56. The van der Waals surface area contributed by atoms with E-state index in [0.717, 1.165) is 12.5 Å². The number of piperidine rings is 1. The fourth-order valence-electron chi connectivity index (χ4n) is 1.63. The molecule has 2 heteroatoms. The molecule has 1 fully saturated rings. The fourth-order valence-corrected chi connectivity index (χ4v) is 1.63. The molecular formula is C10H20ClN. The van der Waals surface area contributed by atoms with Gasteiger partial charge in [-0.15, -0.1) is 12.4 Å². The second-order valence-corrected chi connectivity index (χ2v) is 3.44. The van der Waals surface area contributed by atoms with E-state index >= 15 is 0 Å². The van der Waals surface area contributed by atoms with Gasteiger partial charge < -0.3 is 5.32 Å². The van der Waals surface area contributed by atoms with E-state index in [1.807, 2.05) is 0 Å². The maximum Gasteiger partial charge on any atom is 0.0252 e. The summed E-state index contributed by atoms with van der Waals surface area (Å²) in [7, 11) is 0. The maximum absolute atomic E-state index is 3.56. The molecule has 0 amide bonds. The second kappa shape index (κ2) is 6.50. The number of hydrogen-bond donors (Lipinski definition) is 1. The van der Waals surface area contributed by atoms with Crippen LogP contribution in [0.15, 0.2) is 12.2 Å². The van der Waals surface area contributed by atoms with Crippen molar-refractivity contribution < 1.29 is 0 Å². The number of nitrogens with one attached hydrogen (secondary N) is 1. The van der Waals surface area contributed by atoms with E-state index < -0.39 is 0 Å². The van der Waals surface area contributed by atoms with Gasteiger partial charge in [0.15, 0.2) is 0 Å². The van der Waals surface area contributed by atoms with E-state index in [2.05, 4.69) is 31.3 Å². The molecule has 0 aromatic rings. The highest BCUT2D eigenvalue weighted by Gasteiger charge is 2.14. The van der Waals surface area contributed by atoms with Gasteiger partial charge in [-0.05, 0) is 26.2 Å². The lowest BCUT2D eigenvalue weighted by molar-refractivity contribution is 0.374. The summed E-state index contributed by atoms with van der Waals surface area (Å²) < 4.78 is 0. The van der Waals surface area contributed by atoms with Crippen molar-refractivity contribution in [2.75, 3.05) is 0 Å². The summed E-state index contributed by atoms with van der Waals surface area (Å²) in [6, 6.07) is 1.37. The van der Waals surface area contributed by atoms with Crippen LogP contribution in [0.4, 0.5) is 0 Å². The van der Waals surface area contributed by atoms with E-state index in [0.29, 0.717) is 6.04 Å². The number of hydrogen-bond acceptors (Lipinski definition) is 1. The van der Waals surface area contributed by atoms with Crippen molar-refractivity contribution in [2.45, 2.75) is 51.6 Å². The molecule has 0 aromatic heterocycles. The van der Waals surface area contributed by atoms with Crippen LogP contribution in [0.3, 0.4) is 0 Å². The van der Waals surface area contributed by atoms with Crippen LogP contribution in [0, 0.1) is 0 Å². The topological polar surface area (TPSA) is 12.0 Å². The summed E-state index contributed by atoms with van der Waals surface area (Å²) in [6.45, 7) is 4.45. The third-order valence-electron chi connectivity index (χ3n) is 2.25. The minimum absolute atomic E-state index is 0. The zero-order chi connectivity index (χ0) is 8.10. The molecule has 72 valence electrons. The first kappa shape index (κ1) is 12.0. The molecule has 2 atom stereocenters. The number of halogens is 1. The van der Waals surface area contributed by atoms with Crippen LogP contribution in [-0.2, 0) is 0 Å². The summed E-state index contributed by atoms with van der Waals surface area (Å²) in [5, 5.41) is 3.56. The van der Waals surface area contributed by atoms with Crippen LogP contribution < -0.4 is 5.32 Å². The molecule has 12 heavy (non-hydrogen) atoms. The van der Waals surface area contributed by atoms with Crippen molar-refractivity contribution in [3.63, 3.8) is 0 Å². The summed E-state index contributed by atoms with van der Waals surface area (Å²) >= 11 is 0. The first-order valence-corrected chi connectivity index (χ1v) is 4.75. The van der Waals surface area contributed by atoms with Crippen molar-refractivity contribution >= 4 is 12.4 Å². The summed E-state index contributed by atoms with van der Waals surface area (Å²) in [5.74, 6) is 0. The Bertz CT molecular complexity index is 134. The predicted octanol–water partition coefficient (Wildman–Crippen LogP) is 2.91. The highest BCUT2D eigenvalue weighted by Crippen LogP contribution is 2.12. The monoisotopic (exact) mass is 189 g/mol. The summed E-state index contributed by atoms with van der Waals surface area (Å²) in [5.41, 5.74) is 0. The quantitative estimate of drug-likeness (QED) is 0.659. The lowest BCUT2D eigenvalue weighted by Gasteiger charge is -2.26. The Labute approximate surface area is 82.0 Å². The van der Waals surface area contributed by atoms with Gasteiger partial charge in [0.05, 0.1) is 0 Å². The van der Waals surface area contributed by atoms with Gasteiger partial charge in [0.2, 0.25) is 0 Å². The number of allylic oxidation sites excluding steroid dienone is 1. The van der Waals surface area contributed by atoms with E-state index in [-0.39, 0.29) is 12.4 Å². The Morgan fingerprint density at radius 2 is 2.17 bits per heavy atom. The highest BCUT2D eigenvalue weighted by atomic mass is 35.5. The molecule has 0 aromatic carbocycles. The van der Waals surface area contributed by atoms with Crippen molar-refractivity contribution in [1.29, 1.82) is 0 Å². The standard InChI is InChI=1S/C10H19N.ClH/c1-3-4-7-10-8-5-6-9(2)11-10;/h4,7,9-11H,3,5-6,8H2,1-2H3;1H. The van der Waals surface area contributed by atoms with Gasteiger partial charge in [-0.2, -0.15) is 0 Å². The number of rotatable bonds is 2. The van der Waals surface area contributed by atoms with Crippen molar-refractivity contribution in [3.05, 3.63) is 12.2 Å². The first-order valence-electron chi connectivity index (χ1n) is 4.75. The minimum atomic E-state index is 0. The van der Waals surface area contributed by atoms with Gasteiger partial charge in [-0.1, -0.05) is 25.5 Å². The van der Waals surface area contributed by atoms with Gasteiger partial charge in [0.1, 0.15) is 0 Å². The molecule has 0 saturated carbocycles. The smallest absolute Gasteiger partial charge is 0.0252 e. The van der Waals surface area contributed by atoms with Gasteiger partial charge in [0.25, 0.3) is 0 Å². The summed E-state index contributed by atoms with van der Waals surface area (Å²) in [4.78, 5) is 0. The SMILES string of the molecule is CCC=CC1CCCC(C)N1.Cl. The molecule has 0 radical (unpaired) electrons. The van der Waals surface area contributed by atoms with Crippen LogP contribution in [-0.4, -0.2) is 12.1 Å². The minimum Gasteiger partial charge on any atom is -0.308 e. The molecule has 0 spiro atoms. The zero-order valence-corrected chi connectivity index (χ0v) is 8.86. The second-order valence-electron chi connectivity index (χ2n) is 3.44. The van der Waals surface area contributed by atoms with E-state index in [1.165, 1.54) is 19.3 Å². The van der Waals surface area contributed by atoms with Crippen LogP contribution >= 0.6 is 12.4 Å². The molecule has 2 unspecified atom stereocenters. The first-order chi connectivity index (χ1) is 5.33. The Morgan fingerprint density at radius 1 is 1.42 bits per heavy atom. The van der Waals surface area contributed by atoms with Gasteiger partial charge in [-0.3, -0.25) is 0 Å². The lowest BCUT2D eigenvalue weighted by atomic mass is 9.99. The van der Waals surface area contributed by atoms with Crippen molar-refractivity contribution in [1.82, 2.24) is 5.32 Å². The predicted molar refractivity (Wildman–Crippen MR) is 56.9 cm³/mol. The lowest BCUT2D eigenvalue weighted by Crippen LogP contribution is -2.39. The Morgan fingerprint density at radius 3 is 2.75 bits per heavy atom. The molecule has 1 N–H and O–H groups in total. The van der Waals surface area contributed by atoms with Crippen molar-refractivity contribution in [2.24, 2.45) is 0 Å². The van der Waals surface area contributed by atoms with Crippen LogP contribution in [0.2, 0.25) is 0 Å². The molecular weight excluding hydrogens is 170 g/mol. The molecule has 1 saturated heterocycles. The zero-order valence-electron chi connectivity index (χ0n) is 8.05.